The molecule has 0 aliphatic carbocycles. The molecular formula is C20H45N3. The maximum atomic E-state index is 5.55. The van der Waals surface area contributed by atoms with E-state index >= 15 is 0 Å². The Morgan fingerprint density at radius 1 is 0.696 bits per heavy atom. The highest BCUT2D eigenvalue weighted by Crippen LogP contribution is 2.11. The van der Waals surface area contributed by atoms with E-state index in [1.165, 1.54) is 71.0 Å². The summed E-state index contributed by atoms with van der Waals surface area (Å²) in [4.78, 5) is 2.66. The van der Waals surface area contributed by atoms with Crippen LogP contribution in [-0.2, 0) is 0 Å². The van der Waals surface area contributed by atoms with Crippen molar-refractivity contribution in [3.05, 3.63) is 0 Å². The molecule has 0 fully saturated rings. The number of nitrogens with zero attached hydrogens (tertiary/aromatic N) is 1. The third-order valence-corrected chi connectivity index (χ3v) is 4.44. The predicted molar refractivity (Wildman–Crippen MR) is 105 cm³/mol. The van der Waals surface area contributed by atoms with E-state index in [2.05, 4.69) is 37.9 Å². The van der Waals surface area contributed by atoms with Crippen molar-refractivity contribution in [3.8, 4) is 0 Å². The standard InChI is InChI=1S/C20H45N3/c1-19(2)11-7-5-9-16-23(18-15-22-14-13-21)17-10-6-8-12-20(3)4/h19-20,22H,5-18,21H2,1-4H3. The third-order valence-electron chi connectivity index (χ3n) is 4.44. The maximum Gasteiger partial charge on any atom is 0.0107 e. The van der Waals surface area contributed by atoms with Gasteiger partial charge >= 0.3 is 0 Å². The SMILES string of the molecule is CC(C)CCCCCN(CCCCCC(C)C)CCNCCN. The molecule has 3 nitrogen and oxygen atoms in total. The van der Waals surface area contributed by atoms with Gasteiger partial charge in [0.15, 0.2) is 0 Å². The van der Waals surface area contributed by atoms with Crippen LogP contribution in [-0.4, -0.2) is 44.2 Å². The van der Waals surface area contributed by atoms with Crippen molar-refractivity contribution in [2.45, 2.75) is 79.1 Å². The normalized spacial score (nSPS) is 12.0. The molecule has 0 atom stereocenters. The van der Waals surface area contributed by atoms with Crippen LogP contribution in [0, 0.1) is 11.8 Å². The van der Waals surface area contributed by atoms with Crippen LogP contribution in [0.3, 0.4) is 0 Å². The molecule has 0 aromatic rings. The fraction of sp³-hybridized carbons (Fsp3) is 1.00. The summed E-state index contributed by atoms with van der Waals surface area (Å²) in [6.07, 6.45) is 11.0. The van der Waals surface area contributed by atoms with Crippen molar-refractivity contribution in [3.63, 3.8) is 0 Å². The summed E-state index contributed by atoms with van der Waals surface area (Å²) in [5, 5.41) is 3.43. The molecule has 3 heteroatoms. The minimum absolute atomic E-state index is 0.740. The van der Waals surface area contributed by atoms with Gasteiger partial charge in [-0.05, 0) is 37.8 Å². The molecule has 0 spiro atoms. The second-order valence-corrected chi connectivity index (χ2v) is 7.87. The Kier molecular flexibility index (Phi) is 16.6. The van der Waals surface area contributed by atoms with Crippen LogP contribution in [0.4, 0.5) is 0 Å². The van der Waals surface area contributed by atoms with E-state index in [9.17, 15) is 0 Å². The van der Waals surface area contributed by atoms with E-state index in [1.807, 2.05) is 0 Å². The third kappa shape index (κ3) is 18.1. The Hall–Kier alpha value is -0.120. The molecule has 23 heavy (non-hydrogen) atoms. The van der Waals surface area contributed by atoms with E-state index in [4.69, 9.17) is 5.73 Å². The first-order valence-corrected chi connectivity index (χ1v) is 10.2. The monoisotopic (exact) mass is 327 g/mol. The fourth-order valence-electron chi connectivity index (χ4n) is 2.93. The zero-order valence-electron chi connectivity index (χ0n) is 16.6. The Morgan fingerprint density at radius 2 is 1.22 bits per heavy atom. The molecule has 0 rings (SSSR count). The predicted octanol–water partition coefficient (Wildman–Crippen LogP) is 4.27. The molecule has 0 aromatic heterocycles. The van der Waals surface area contributed by atoms with Gasteiger partial charge in [-0.15, -0.1) is 0 Å². The van der Waals surface area contributed by atoms with Crippen LogP contribution < -0.4 is 11.1 Å². The van der Waals surface area contributed by atoms with E-state index in [0.29, 0.717) is 0 Å². The average molecular weight is 328 g/mol. The zero-order chi connectivity index (χ0) is 17.3. The highest BCUT2D eigenvalue weighted by Gasteiger charge is 2.05. The van der Waals surface area contributed by atoms with Crippen molar-refractivity contribution >= 4 is 0 Å². The lowest BCUT2D eigenvalue weighted by Crippen LogP contribution is -2.35. The lowest BCUT2D eigenvalue weighted by Gasteiger charge is -2.22. The van der Waals surface area contributed by atoms with Gasteiger partial charge in [-0.1, -0.05) is 66.2 Å². The van der Waals surface area contributed by atoms with Gasteiger partial charge in [0.25, 0.3) is 0 Å². The highest BCUT2D eigenvalue weighted by molar-refractivity contribution is 4.62. The first-order valence-electron chi connectivity index (χ1n) is 10.2. The quantitative estimate of drug-likeness (QED) is 0.392. The van der Waals surface area contributed by atoms with Crippen LogP contribution in [0.15, 0.2) is 0 Å². The van der Waals surface area contributed by atoms with E-state index in [1.54, 1.807) is 0 Å². The number of hydrogen-bond acceptors (Lipinski definition) is 3. The molecule has 0 radical (unpaired) electrons. The molecule has 0 saturated heterocycles. The number of nitrogens with two attached hydrogens (primary N) is 1. The summed E-state index contributed by atoms with van der Waals surface area (Å²) < 4.78 is 0. The van der Waals surface area contributed by atoms with E-state index in [0.717, 1.165) is 31.5 Å². The van der Waals surface area contributed by atoms with Crippen molar-refractivity contribution in [2.24, 2.45) is 17.6 Å². The summed E-state index contributed by atoms with van der Waals surface area (Å²) in [5.74, 6) is 1.71. The van der Waals surface area contributed by atoms with Crippen LogP contribution in [0.25, 0.3) is 0 Å². The summed E-state index contributed by atoms with van der Waals surface area (Å²) in [7, 11) is 0. The van der Waals surface area contributed by atoms with Gasteiger partial charge in [-0.3, -0.25) is 0 Å². The van der Waals surface area contributed by atoms with Gasteiger partial charge in [-0.2, -0.15) is 0 Å². The second-order valence-electron chi connectivity index (χ2n) is 7.87. The summed E-state index contributed by atoms with van der Waals surface area (Å²) >= 11 is 0. The molecule has 0 unspecified atom stereocenters. The summed E-state index contributed by atoms with van der Waals surface area (Å²) in [6.45, 7) is 15.8. The molecule has 0 aliphatic heterocycles. The average Bonchev–Trinajstić information content (AvgIpc) is 2.49. The highest BCUT2D eigenvalue weighted by atomic mass is 15.1. The van der Waals surface area contributed by atoms with Gasteiger partial charge in [0.2, 0.25) is 0 Å². The number of nitrogens with one attached hydrogen (secondary N) is 1. The molecule has 0 bridgehead atoms. The van der Waals surface area contributed by atoms with Crippen molar-refractivity contribution in [2.75, 3.05) is 39.3 Å². The second kappa shape index (κ2) is 16.7. The first-order chi connectivity index (χ1) is 11.1. The van der Waals surface area contributed by atoms with Gasteiger partial charge in [0, 0.05) is 26.2 Å². The van der Waals surface area contributed by atoms with Crippen LogP contribution in [0.5, 0.6) is 0 Å². The van der Waals surface area contributed by atoms with E-state index in [-0.39, 0.29) is 0 Å². The Bertz CT molecular complexity index is 211. The van der Waals surface area contributed by atoms with Crippen LogP contribution in [0.1, 0.15) is 79.1 Å². The summed E-state index contributed by atoms with van der Waals surface area (Å²) in [6, 6.07) is 0. The Morgan fingerprint density at radius 3 is 1.65 bits per heavy atom. The molecule has 0 aromatic carbocycles. The molecule has 0 heterocycles. The topological polar surface area (TPSA) is 41.3 Å². The van der Waals surface area contributed by atoms with E-state index < -0.39 is 0 Å². The minimum atomic E-state index is 0.740. The Labute approximate surface area is 146 Å². The first kappa shape index (κ1) is 22.9. The maximum absolute atomic E-state index is 5.55. The number of rotatable bonds is 17. The van der Waals surface area contributed by atoms with Gasteiger partial charge in [0.1, 0.15) is 0 Å². The van der Waals surface area contributed by atoms with Crippen molar-refractivity contribution < 1.29 is 0 Å². The molecular weight excluding hydrogens is 282 g/mol. The van der Waals surface area contributed by atoms with Crippen molar-refractivity contribution in [1.29, 1.82) is 0 Å². The molecule has 140 valence electrons. The number of hydrogen-bond donors (Lipinski definition) is 2. The Balaban J connectivity index is 3.79. The summed E-state index contributed by atoms with van der Waals surface area (Å²) in [5.41, 5.74) is 5.55. The van der Waals surface area contributed by atoms with Crippen LogP contribution >= 0.6 is 0 Å². The number of unbranched alkanes of at least 4 members (excludes halogenated alkanes) is 4. The largest absolute Gasteiger partial charge is 0.329 e. The molecule has 3 N–H and O–H groups in total. The lowest BCUT2D eigenvalue weighted by atomic mass is 10.0. The molecule has 0 saturated carbocycles. The molecule has 0 aliphatic rings. The minimum Gasteiger partial charge on any atom is -0.329 e. The van der Waals surface area contributed by atoms with Crippen molar-refractivity contribution in [1.82, 2.24) is 10.2 Å². The van der Waals surface area contributed by atoms with Crippen LogP contribution in [0.2, 0.25) is 0 Å². The fourth-order valence-corrected chi connectivity index (χ4v) is 2.93. The lowest BCUT2D eigenvalue weighted by molar-refractivity contribution is 0.259. The van der Waals surface area contributed by atoms with Gasteiger partial charge in [-0.25, -0.2) is 0 Å². The zero-order valence-corrected chi connectivity index (χ0v) is 16.6. The molecule has 0 amide bonds. The van der Waals surface area contributed by atoms with Gasteiger partial charge < -0.3 is 16.0 Å². The smallest absolute Gasteiger partial charge is 0.0107 e. The van der Waals surface area contributed by atoms with Gasteiger partial charge in [0.05, 0.1) is 0 Å².